The third kappa shape index (κ3) is 2.58. The number of aromatic carboxylic acids is 1. The number of benzene rings is 3. The number of halogens is 1. The Hall–Kier alpha value is -2.32. The normalized spacial score (nSPS) is 12.3. The summed E-state index contributed by atoms with van der Waals surface area (Å²) in [6, 6.07) is 19.0. The van der Waals surface area contributed by atoms with Crippen LogP contribution in [0, 0.1) is 0 Å². The number of carbonyl (C=O) groups is 1. The summed E-state index contributed by atoms with van der Waals surface area (Å²) in [4.78, 5) is 11.5. The molecule has 110 valence electrons. The van der Waals surface area contributed by atoms with Crippen molar-refractivity contribution in [3.8, 4) is 0 Å². The monoisotopic (exact) mass is 310 g/mol. The molecular formula is C19H15ClO2. The van der Waals surface area contributed by atoms with Gasteiger partial charge in [0.15, 0.2) is 0 Å². The molecule has 2 nitrogen and oxygen atoms in total. The Labute approximate surface area is 134 Å². The molecule has 0 fully saturated rings. The van der Waals surface area contributed by atoms with Crippen LogP contribution in [0.15, 0.2) is 60.7 Å². The molecule has 0 aliphatic carbocycles. The zero-order valence-electron chi connectivity index (χ0n) is 12.1. The predicted molar refractivity (Wildman–Crippen MR) is 89.9 cm³/mol. The molecular weight excluding hydrogens is 296 g/mol. The first-order chi connectivity index (χ1) is 10.6. The van der Waals surface area contributed by atoms with E-state index in [9.17, 15) is 9.90 Å². The highest BCUT2D eigenvalue weighted by atomic mass is 35.5. The third-order valence-corrected chi connectivity index (χ3v) is 4.24. The van der Waals surface area contributed by atoms with Crippen molar-refractivity contribution in [3.05, 3.63) is 82.4 Å². The first-order valence-corrected chi connectivity index (χ1v) is 7.46. The molecule has 0 amide bonds. The number of carboxylic acid groups (broad SMARTS) is 1. The van der Waals surface area contributed by atoms with Gasteiger partial charge in [-0.3, -0.25) is 0 Å². The molecule has 0 radical (unpaired) electrons. The Morgan fingerprint density at radius 1 is 1.00 bits per heavy atom. The van der Waals surface area contributed by atoms with E-state index in [-0.39, 0.29) is 5.92 Å². The highest BCUT2D eigenvalue weighted by Gasteiger charge is 2.18. The highest BCUT2D eigenvalue weighted by Crippen LogP contribution is 2.33. The fraction of sp³-hybridized carbons (Fsp3) is 0.105. The standard InChI is InChI=1S/C19H15ClO2/c1-12(15-6-2-3-7-17(15)19(21)22)16-8-4-5-13-9-10-14(20)11-18(13)16/h2-12H,1H3,(H,21,22)/t12-/m1/s1. The third-order valence-electron chi connectivity index (χ3n) is 4.00. The average molecular weight is 311 g/mol. The van der Waals surface area contributed by atoms with Crippen molar-refractivity contribution in [2.75, 3.05) is 0 Å². The van der Waals surface area contributed by atoms with Crippen molar-refractivity contribution in [3.63, 3.8) is 0 Å². The molecule has 0 saturated heterocycles. The maximum absolute atomic E-state index is 11.5. The van der Waals surface area contributed by atoms with E-state index in [0.717, 1.165) is 21.9 Å². The smallest absolute Gasteiger partial charge is 0.335 e. The molecule has 0 bridgehead atoms. The van der Waals surface area contributed by atoms with Crippen LogP contribution in [0.3, 0.4) is 0 Å². The zero-order chi connectivity index (χ0) is 15.7. The van der Waals surface area contributed by atoms with Crippen LogP contribution in [0.25, 0.3) is 10.8 Å². The second-order valence-corrected chi connectivity index (χ2v) is 5.76. The maximum Gasteiger partial charge on any atom is 0.335 e. The van der Waals surface area contributed by atoms with Crippen molar-refractivity contribution in [1.29, 1.82) is 0 Å². The summed E-state index contributed by atoms with van der Waals surface area (Å²) in [6.45, 7) is 2.03. The van der Waals surface area contributed by atoms with Gasteiger partial charge in [-0.25, -0.2) is 4.79 Å². The van der Waals surface area contributed by atoms with Gasteiger partial charge in [0.25, 0.3) is 0 Å². The minimum Gasteiger partial charge on any atom is -0.478 e. The molecule has 0 aromatic heterocycles. The van der Waals surface area contributed by atoms with Crippen LogP contribution in [0.5, 0.6) is 0 Å². The van der Waals surface area contributed by atoms with Gasteiger partial charge in [-0.05, 0) is 40.1 Å². The van der Waals surface area contributed by atoms with Crippen LogP contribution in [0.1, 0.15) is 34.3 Å². The minimum atomic E-state index is -0.902. The SMILES string of the molecule is C[C@H](c1ccccc1C(=O)O)c1cccc2ccc(Cl)cc12. The zero-order valence-corrected chi connectivity index (χ0v) is 12.8. The molecule has 1 atom stereocenters. The summed E-state index contributed by atoms with van der Waals surface area (Å²) >= 11 is 6.13. The molecule has 1 N–H and O–H groups in total. The summed E-state index contributed by atoms with van der Waals surface area (Å²) < 4.78 is 0. The summed E-state index contributed by atoms with van der Waals surface area (Å²) in [5.41, 5.74) is 2.23. The lowest BCUT2D eigenvalue weighted by atomic mass is 9.87. The molecule has 0 unspecified atom stereocenters. The van der Waals surface area contributed by atoms with E-state index in [1.165, 1.54) is 0 Å². The Morgan fingerprint density at radius 2 is 1.73 bits per heavy atom. The molecule has 22 heavy (non-hydrogen) atoms. The minimum absolute atomic E-state index is 0.0329. The van der Waals surface area contributed by atoms with Gasteiger partial charge in [0.1, 0.15) is 0 Å². The Morgan fingerprint density at radius 3 is 2.50 bits per heavy atom. The van der Waals surface area contributed by atoms with Gasteiger partial charge < -0.3 is 5.11 Å². The van der Waals surface area contributed by atoms with Gasteiger partial charge >= 0.3 is 5.97 Å². The van der Waals surface area contributed by atoms with E-state index in [1.807, 2.05) is 55.5 Å². The summed E-state index contributed by atoms with van der Waals surface area (Å²) in [5.74, 6) is -0.935. The van der Waals surface area contributed by atoms with Crippen LogP contribution in [-0.4, -0.2) is 11.1 Å². The van der Waals surface area contributed by atoms with Gasteiger partial charge in [0.05, 0.1) is 5.56 Å². The second-order valence-electron chi connectivity index (χ2n) is 5.33. The van der Waals surface area contributed by atoms with E-state index in [0.29, 0.717) is 10.6 Å². The van der Waals surface area contributed by atoms with E-state index in [2.05, 4.69) is 0 Å². The van der Waals surface area contributed by atoms with Gasteiger partial charge in [0, 0.05) is 10.9 Å². The lowest BCUT2D eigenvalue weighted by Crippen LogP contribution is -2.06. The van der Waals surface area contributed by atoms with Crippen LogP contribution >= 0.6 is 11.6 Å². The van der Waals surface area contributed by atoms with Crippen molar-refractivity contribution in [2.24, 2.45) is 0 Å². The molecule has 0 heterocycles. The number of hydrogen-bond donors (Lipinski definition) is 1. The van der Waals surface area contributed by atoms with Crippen LogP contribution < -0.4 is 0 Å². The Balaban J connectivity index is 2.20. The Kier molecular flexibility index (Phi) is 3.86. The summed E-state index contributed by atoms with van der Waals surface area (Å²) in [7, 11) is 0. The van der Waals surface area contributed by atoms with Crippen molar-refractivity contribution < 1.29 is 9.90 Å². The van der Waals surface area contributed by atoms with Crippen LogP contribution in [0.2, 0.25) is 5.02 Å². The van der Waals surface area contributed by atoms with Gasteiger partial charge in [-0.15, -0.1) is 0 Å². The fourth-order valence-corrected chi connectivity index (χ4v) is 3.06. The van der Waals surface area contributed by atoms with Crippen LogP contribution in [0.4, 0.5) is 0 Å². The maximum atomic E-state index is 11.5. The van der Waals surface area contributed by atoms with Crippen molar-refractivity contribution >= 4 is 28.3 Å². The molecule has 0 aliphatic heterocycles. The van der Waals surface area contributed by atoms with Gasteiger partial charge in [-0.1, -0.05) is 61.0 Å². The second kappa shape index (κ2) is 5.82. The van der Waals surface area contributed by atoms with Crippen LogP contribution in [-0.2, 0) is 0 Å². The molecule has 3 aromatic carbocycles. The lowest BCUT2D eigenvalue weighted by molar-refractivity contribution is 0.0695. The summed E-state index contributed by atoms with van der Waals surface area (Å²) in [5, 5.41) is 12.2. The first-order valence-electron chi connectivity index (χ1n) is 7.08. The largest absolute Gasteiger partial charge is 0.478 e. The van der Waals surface area contributed by atoms with E-state index < -0.39 is 5.97 Å². The van der Waals surface area contributed by atoms with E-state index in [4.69, 9.17) is 11.6 Å². The van der Waals surface area contributed by atoms with E-state index in [1.54, 1.807) is 12.1 Å². The summed E-state index contributed by atoms with van der Waals surface area (Å²) in [6.07, 6.45) is 0. The molecule has 3 aromatic rings. The van der Waals surface area contributed by atoms with Crippen molar-refractivity contribution in [2.45, 2.75) is 12.8 Å². The van der Waals surface area contributed by atoms with Crippen molar-refractivity contribution in [1.82, 2.24) is 0 Å². The van der Waals surface area contributed by atoms with Gasteiger partial charge in [-0.2, -0.15) is 0 Å². The molecule has 3 rings (SSSR count). The molecule has 0 aliphatic rings. The molecule has 0 spiro atoms. The quantitative estimate of drug-likeness (QED) is 0.708. The first kappa shape index (κ1) is 14.6. The predicted octanol–water partition coefficient (Wildman–Crippen LogP) is 5.34. The topological polar surface area (TPSA) is 37.3 Å². The molecule has 3 heteroatoms. The number of rotatable bonds is 3. The van der Waals surface area contributed by atoms with Gasteiger partial charge in [0.2, 0.25) is 0 Å². The average Bonchev–Trinajstić information content (AvgIpc) is 2.53. The van der Waals surface area contributed by atoms with E-state index >= 15 is 0 Å². The highest BCUT2D eigenvalue weighted by molar-refractivity contribution is 6.31. The Bertz CT molecular complexity index is 855. The number of fused-ring (bicyclic) bond motifs is 1. The molecule has 0 saturated carbocycles. The fourth-order valence-electron chi connectivity index (χ4n) is 2.88. The number of carboxylic acids is 1. The lowest BCUT2D eigenvalue weighted by Gasteiger charge is -2.17. The number of hydrogen-bond acceptors (Lipinski definition) is 1.